The van der Waals surface area contributed by atoms with Crippen LogP contribution in [0.3, 0.4) is 0 Å². The standard InChI is InChI=1S/C12H13IN2O/c1-2-7-15(8-6-14)12(16)10-4-3-5-11(13)9-10/h3-5,9H,2,7-8H2,1H3. The highest BCUT2D eigenvalue weighted by Gasteiger charge is 2.14. The molecule has 0 fully saturated rings. The first-order chi connectivity index (χ1) is 7.69. The molecule has 3 nitrogen and oxygen atoms in total. The van der Waals surface area contributed by atoms with Crippen molar-refractivity contribution in [2.75, 3.05) is 13.1 Å². The number of hydrogen-bond donors (Lipinski definition) is 0. The smallest absolute Gasteiger partial charge is 0.254 e. The van der Waals surface area contributed by atoms with E-state index in [1.807, 2.05) is 31.2 Å². The van der Waals surface area contributed by atoms with E-state index in [0.29, 0.717) is 12.1 Å². The zero-order valence-electron chi connectivity index (χ0n) is 9.11. The summed E-state index contributed by atoms with van der Waals surface area (Å²) in [7, 11) is 0. The molecule has 0 bridgehead atoms. The summed E-state index contributed by atoms with van der Waals surface area (Å²) in [6, 6.07) is 9.43. The lowest BCUT2D eigenvalue weighted by atomic mass is 10.2. The Hall–Kier alpha value is -1.09. The third-order valence-electron chi connectivity index (χ3n) is 2.11. The molecular weight excluding hydrogens is 315 g/mol. The minimum atomic E-state index is -0.0677. The largest absolute Gasteiger partial charge is 0.325 e. The van der Waals surface area contributed by atoms with Crippen LogP contribution in [0.1, 0.15) is 23.7 Å². The zero-order valence-corrected chi connectivity index (χ0v) is 11.3. The van der Waals surface area contributed by atoms with Crippen molar-refractivity contribution < 1.29 is 4.79 Å². The van der Waals surface area contributed by atoms with Crippen molar-refractivity contribution in [3.8, 4) is 6.07 Å². The summed E-state index contributed by atoms with van der Waals surface area (Å²) in [5.74, 6) is -0.0677. The summed E-state index contributed by atoms with van der Waals surface area (Å²) in [5.41, 5.74) is 0.649. The van der Waals surface area contributed by atoms with E-state index in [4.69, 9.17) is 5.26 Å². The minimum Gasteiger partial charge on any atom is -0.325 e. The second kappa shape index (κ2) is 6.48. The van der Waals surface area contributed by atoms with Gasteiger partial charge in [-0.1, -0.05) is 13.0 Å². The number of benzene rings is 1. The maximum atomic E-state index is 12.0. The predicted molar refractivity (Wildman–Crippen MR) is 71.0 cm³/mol. The second-order valence-corrected chi connectivity index (χ2v) is 4.64. The Labute approximate surface area is 109 Å². The molecule has 0 saturated carbocycles. The van der Waals surface area contributed by atoms with Crippen molar-refractivity contribution in [2.24, 2.45) is 0 Å². The number of nitrogens with zero attached hydrogens (tertiary/aromatic N) is 2. The Balaban J connectivity index is 2.86. The molecule has 0 aliphatic rings. The molecule has 1 aromatic carbocycles. The van der Waals surface area contributed by atoms with Gasteiger partial charge < -0.3 is 4.90 Å². The average molecular weight is 328 g/mol. The molecule has 1 aromatic rings. The minimum absolute atomic E-state index is 0.0677. The molecule has 0 aliphatic heterocycles. The van der Waals surface area contributed by atoms with Gasteiger partial charge in [-0.2, -0.15) is 5.26 Å². The monoisotopic (exact) mass is 328 g/mol. The van der Waals surface area contributed by atoms with Crippen LogP contribution in [0.5, 0.6) is 0 Å². The summed E-state index contributed by atoms with van der Waals surface area (Å²) in [6.07, 6.45) is 0.858. The fourth-order valence-corrected chi connectivity index (χ4v) is 1.95. The van der Waals surface area contributed by atoms with Crippen molar-refractivity contribution >= 4 is 28.5 Å². The van der Waals surface area contributed by atoms with E-state index in [1.54, 1.807) is 11.0 Å². The van der Waals surface area contributed by atoms with Gasteiger partial charge in [0.2, 0.25) is 0 Å². The molecule has 0 N–H and O–H groups in total. The third kappa shape index (κ3) is 3.49. The number of carbonyl (C=O) groups is 1. The Bertz CT molecular complexity index is 412. The van der Waals surface area contributed by atoms with E-state index in [2.05, 4.69) is 22.6 Å². The van der Waals surface area contributed by atoms with Gasteiger partial charge in [0.1, 0.15) is 6.54 Å². The van der Waals surface area contributed by atoms with Crippen LogP contribution in [0.25, 0.3) is 0 Å². The molecule has 0 spiro atoms. The summed E-state index contributed by atoms with van der Waals surface area (Å²) >= 11 is 2.17. The lowest BCUT2D eigenvalue weighted by Gasteiger charge is -2.18. The van der Waals surface area contributed by atoms with Crippen LogP contribution >= 0.6 is 22.6 Å². The molecule has 0 atom stereocenters. The van der Waals surface area contributed by atoms with Gasteiger partial charge in [0.15, 0.2) is 0 Å². The second-order valence-electron chi connectivity index (χ2n) is 3.40. The first kappa shape index (κ1) is 13.0. The SMILES string of the molecule is CCCN(CC#N)C(=O)c1cccc(I)c1. The molecule has 0 aromatic heterocycles. The number of nitriles is 1. The molecule has 0 aliphatic carbocycles. The van der Waals surface area contributed by atoms with Crippen LogP contribution in [0.2, 0.25) is 0 Å². The van der Waals surface area contributed by atoms with E-state index < -0.39 is 0 Å². The molecule has 0 saturated heterocycles. The summed E-state index contributed by atoms with van der Waals surface area (Å²) < 4.78 is 1.02. The Morgan fingerprint density at radius 1 is 1.56 bits per heavy atom. The average Bonchev–Trinajstić information content (AvgIpc) is 2.28. The highest BCUT2D eigenvalue weighted by atomic mass is 127. The van der Waals surface area contributed by atoms with Crippen molar-refractivity contribution in [3.63, 3.8) is 0 Å². The van der Waals surface area contributed by atoms with Crippen molar-refractivity contribution in [1.29, 1.82) is 5.26 Å². The van der Waals surface area contributed by atoms with Gasteiger partial charge in [-0.25, -0.2) is 0 Å². The normalized spacial score (nSPS) is 9.56. The summed E-state index contributed by atoms with van der Waals surface area (Å²) in [6.45, 7) is 2.77. The highest BCUT2D eigenvalue weighted by Crippen LogP contribution is 2.10. The number of hydrogen-bond acceptors (Lipinski definition) is 2. The van der Waals surface area contributed by atoms with E-state index in [0.717, 1.165) is 9.99 Å². The van der Waals surface area contributed by atoms with Gasteiger partial charge in [0.05, 0.1) is 6.07 Å². The van der Waals surface area contributed by atoms with Crippen molar-refractivity contribution in [3.05, 3.63) is 33.4 Å². The number of carbonyl (C=O) groups excluding carboxylic acids is 1. The molecule has 1 amide bonds. The number of amides is 1. The van der Waals surface area contributed by atoms with Crippen LogP contribution in [-0.4, -0.2) is 23.9 Å². The Kier molecular flexibility index (Phi) is 5.26. The van der Waals surface area contributed by atoms with E-state index in [1.165, 1.54) is 0 Å². The van der Waals surface area contributed by atoms with Crippen LogP contribution in [-0.2, 0) is 0 Å². The molecule has 4 heteroatoms. The first-order valence-electron chi connectivity index (χ1n) is 5.10. The van der Waals surface area contributed by atoms with Gasteiger partial charge in [0, 0.05) is 15.7 Å². The van der Waals surface area contributed by atoms with E-state index in [-0.39, 0.29) is 12.5 Å². The first-order valence-corrected chi connectivity index (χ1v) is 6.18. The topological polar surface area (TPSA) is 44.1 Å². The van der Waals surface area contributed by atoms with Crippen LogP contribution in [0.4, 0.5) is 0 Å². The Morgan fingerprint density at radius 3 is 2.88 bits per heavy atom. The van der Waals surface area contributed by atoms with Gasteiger partial charge in [-0.15, -0.1) is 0 Å². The number of rotatable bonds is 4. The Morgan fingerprint density at radius 2 is 2.31 bits per heavy atom. The molecule has 0 heterocycles. The van der Waals surface area contributed by atoms with Gasteiger partial charge in [-0.05, 0) is 47.2 Å². The molecular formula is C12H13IN2O. The maximum absolute atomic E-state index is 12.0. The van der Waals surface area contributed by atoms with Crippen LogP contribution in [0, 0.1) is 14.9 Å². The fraction of sp³-hybridized carbons (Fsp3) is 0.333. The number of halogens is 1. The fourth-order valence-electron chi connectivity index (χ4n) is 1.41. The molecule has 16 heavy (non-hydrogen) atoms. The van der Waals surface area contributed by atoms with Gasteiger partial charge in [-0.3, -0.25) is 4.79 Å². The zero-order chi connectivity index (χ0) is 12.0. The van der Waals surface area contributed by atoms with Gasteiger partial charge in [0.25, 0.3) is 5.91 Å². The van der Waals surface area contributed by atoms with Crippen LogP contribution < -0.4 is 0 Å². The molecule has 0 radical (unpaired) electrons. The van der Waals surface area contributed by atoms with Gasteiger partial charge >= 0.3 is 0 Å². The maximum Gasteiger partial charge on any atom is 0.254 e. The van der Waals surface area contributed by atoms with Crippen molar-refractivity contribution in [2.45, 2.75) is 13.3 Å². The lowest BCUT2D eigenvalue weighted by molar-refractivity contribution is 0.0776. The quantitative estimate of drug-likeness (QED) is 0.630. The van der Waals surface area contributed by atoms with Crippen molar-refractivity contribution in [1.82, 2.24) is 4.90 Å². The molecule has 0 unspecified atom stereocenters. The third-order valence-corrected chi connectivity index (χ3v) is 2.78. The van der Waals surface area contributed by atoms with Crippen LogP contribution in [0.15, 0.2) is 24.3 Å². The highest BCUT2D eigenvalue weighted by molar-refractivity contribution is 14.1. The molecule has 84 valence electrons. The lowest BCUT2D eigenvalue weighted by Crippen LogP contribution is -2.32. The van der Waals surface area contributed by atoms with E-state index >= 15 is 0 Å². The summed E-state index contributed by atoms with van der Waals surface area (Å²) in [5, 5.41) is 8.67. The van der Waals surface area contributed by atoms with E-state index in [9.17, 15) is 4.79 Å². The predicted octanol–water partition coefficient (Wildman–Crippen LogP) is 2.67. The summed E-state index contributed by atoms with van der Waals surface area (Å²) in [4.78, 5) is 13.6. The molecule has 1 rings (SSSR count).